The molecular formula is C7H2Cl4OS. The van der Waals surface area contributed by atoms with Gasteiger partial charge < -0.3 is 0 Å². The summed E-state index contributed by atoms with van der Waals surface area (Å²) in [7, 11) is 6.38. The Balaban J connectivity index is 3.33. The van der Waals surface area contributed by atoms with Crippen molar-refractivity contribution in [2.45, 2.75) is 4.90 Å². The molecule has 70 valence electrons. The fraction of sp³-hybridized carbons (Fsp3) is 0. The topological polar surface area (TPSA) is 17.1 Å². The van der Waals surface area contributed by atoms with Gasteiger partial charge in [0.1, 0.15) is 0 Å². The Morgan fingerprint density at radius 3 is 2.23 bits per heavy atom. The SMILES string of the molecule is O=C(Cl)c1cc(Cl)c(Cl)cc1SCl. The minimum Gasteiger partial charge on any atom is -0.276 e. The maximum Gasteiger partial charge on any atom is 0.253 e. The first kappa shape index (κ1) is 11.5. The zero-order valence-corrected chi connectivity index (χ0v) is 9.82. The first-order valence-electron chi connectivity index (χ1n) is 3.03. The van der Waals surface area contributed by atoms with Gasteiger partial charge in [0.2, 0.25) is 0 Å². The molecule has 1 nitrogen and oxygen atoms in total. The van der Waals surface area contributed by atoms with Gasteiger partial charge in [-0.2, -0.15) is 0 Å². The molecule has 13 heavy (non-hydrogen) atoms. The van der Waals surface area contributed by atoms with Crippen LogP contribution in [-0.2, 0) is 0 Å². The molecule has 0 aromatic heterocycles. The quantitative estimate of drug-likeness (QED) is 0.733. The van der Waals surface area contributed by atoms with Crippen molar-refractivity contribution in [3.63, 3.8) is 0 Å². The third-order valence-electron chi connectivity index (χ3n) is 1.32. The molecular weight excluding hydrogens is 274 g/mol. The Morgan fingerprint density at radius 2 is 1.77 bits per heavy atom. The average Bonchev–Trinajstić information content (AvgIpc) is 2.08. The zero-order valence-electron chi connectivity index (χ0n) is 5.98. The van der Waals surface area contributed by atoms with Crippen molar-refractivity contribution < 1.29 is 4.79 Å². The maximum absolute atomic E-state index is 10.9. The number of hydrogen-bond acceptors (Lipinski definition) is 2. The van der Waals surface area contributed by atoms with E-state index in [2.05, 4.69) is 0 Å². The Labute approximate surface area is 98.8 Å². The summed E-state index contributed by atoms with van der Waals surface area (Å²) < 4.78 is 0. The molecule has 1 aromatic carbocycles. The van der Waals surface area contributed by atoms with Crippen LogP contribution in [0, 0.1) is 0 Å². The van der Waals surface area contributed by atoms with Gasteiger partial charge >= 0.3 is 0 Å². The lowest BCUT2D eigenvalue weighted by atomic mass is 10.2. The predicted molar refractivity (Wildman–Crippen MR) is 58.4 cm³/mol. The molecule has 0 unspecified atom stereocenters. The molecule has 0 saturated carbocycles. The first-order chi connectivity index (χ1) is 6.06. The van der Waals surface area contributed by atoms with E-state index in [4.69, 9.17) is 45.5 Å². The summed E-state index contributed by atoms with van der Waals surface area (Å²) in [6, 6.07) is 2.89. The van der Waals surface area contributed by atoms with Crippen molar-refractivity contribution in [2.24, 2.45) is 0 Å². The number of hydrogen-bond donors (Lipinski definition) is 0. The van der Waals surface area contributed by atoms with Crippen molar-refractivity contribution in [1.82, 2.24) is 0 Å². The van der Waals surface area contributed by atoms with Crippen molar-refractivity contribution in [3.8, 4) is 0 Å². The second-order valence-corrected chi connectivity index (χ2v) is 4.33. The highest BCUT2D eigenvalue weighted by Crippen LogP contribution is 2.34. The summed E-state index contributed by atoms with van der Waals surface area (Å²) in [6.07, 6.45) is 0. The van der Waals surface area contributed by atoms with Crippen LogP contribution in [0.3, 0.4) is 0 Å². The molecule has 1 aromatic rings. The third kappa shape index (κ3) is 2.67. The second kappa shape index (κ2) is 4.76. The van der Waals surface area contributed by atoms with Gasteiger partial charge in [0.05, 0.1) is 15.6 Å². The summed E-state index contributed by atoms with van der Waals surface area (Å²) in [6.45, 7) is 0. The van der Waals surface area contributed by atoms with E-state index in [1.165, 1.54) is 12.1 Å². The molecule has 0 heterocycles. The zero-order chi connectivity index (χ0) is 10.0. The maximum atomic E-state index is 10.9. The minimum absolute atomic E-state index is 0.260. The van der Waals surface area contributed by atoms with E-state index in [0.29, 0.717) is 9.92 Å². The lowest BCUT2D eigenvalue weighted by Gasteiger charge is -2.03. The Morgan fingerprint density at radius 1 is 1.23 bits per heavy atom. The van der Waals surface area contributed by atoms with Crippen LogP contribution in [0.4, 0.5) is 0 Å². The first-order valence-corrected chi connectivity index (χ1v) is 5.81. The van der Waals surface area contributed by atoms with Crippen molar-refractivity contribution >= 4 is 61.7 Å². The van der Waals surface area contributed by atoms with E-state index in [1.54, 1.807) is 0 Å². The lowest BCUT2D eigenvalue weighted by Crippen LogP contribution is -1.91. The van der Waals surface area contributed by atoms with Crippen LogP contribution in [0.5, 0.6) is 0 Å². The van der Waals surface area contributed by atoms with Gasteiger partial charge in [-0.1, -0.05) is 23.2 Å². The van der Waals surface area contributed by atoms with Crippen LogP contribution in [0.15, 0.2) is 17.0 Å². The van der Waals surface area contributed by atoms with E-state index in [1.807, 2.05) is 0 Å². The van der Waals surface area contributed by atoms with Crippen LogP contribution in [0.25, 0.3) is 0 Å². The van der Waals surface area contributed by atoms with E-state index in [0.717, 1.165) is 11.0 Å². The summed E-state index contributed by atoms with van der Waals surface area (Å²) in [4.78, 5) is 11.4. The van der Waals surface area contributed by atoms with Crippen LogP contribution in [0.2, 0.25) is 10.0 Å². The van der Waals surface area contributed by atoms with Gasteiger partial charge in [0, 0.05) is 4.90 Å². The molecule has 0 aliphatic rings. The molecule has 0 bridgehead atoms. The summed E-state index contributed by atoms with van der Waals surface area (Å²) in [5, 5.41) is 0.00772. The average molecular weight is 276 g/mol. The molecule has 0 aliphatic carbocycles. The normalized spacial score (nSPS) is 10.2. The van der Waals surface area contributed by atoms with Crippen molar-refractivity contribution in [3.05, 3.63) is 27.7 Å². The van der Waals surface area contributed by atoms with Crippen LogP contribution in [0.1, 0.15) is 10.4 Å². The fourth-order valence-electron chi connectivity index (χ4n) is 0.746. The van der Waals surface area contributed by atoms with Gasteiger partial charge in [-0.05, 0) is 45.4 Å². The highest BCUT2D eigenvalue weighted by atomic mass is 35.7. The second-order valence-electron chi connectivity index (χ2n) is 2.11. The van der Waals surface area contributed by atoms with Gasteiger partial charge in [-0.25, -0.2) is 0 Å². The molecule has 0 atom stereocenters. The van der Waals surface area contributed by atoms with Crippen molar-refractivity contribution in [1.29, 1.82) is 0 Å². The van der Waals surface area contributed by atoms with E-state index < -0.39 is 5.24 Å². The molecule has 0 N–H and O–H groups in total. The number of rotatable bonds is 2. The third-order valence-corrected chi connectivity index (χ3v) is 3.25. The van der Waals surface area contributed by atoms with Gasteiger partial charge in [0.25, 0.3) is 5.24 Å². The van der Waals surface area contributed by atoms with Crippen LogP contribution in [-0.4, -0.2) is 5.24 Å². The fourth-order valence-corrected chi connectivity index (χ4v) is 2.13. The smallest absolute Gasteiger partial charge is 0.253 e. The highest BCUT2D eigenvalue weighted by Gasteiger charge is 2.12. The molecule has 0 spiro atoms. The number of carbonyl (C=O) groups excluding carboxylic acids is 1. The monoisotopic (exact) mass is 274 g/mol. The molecule has 0 radical (unpaired) electrons. The predicted octanol–water partition coefficient (Wildman–Crippen LogP) is 4.62. The molecule has 0 aliphatic heterocycles. The molecule has 6 heteroatoms. The van der Waals surface area contributed by atoms with Crippen molar-refractivity contribution in [2.75, 3.05) is 0 Å². The van der Waals surface area contributed by atoms with E-state index in [9.17, 15) is 4.79 Å². The molecule has 0 amide bonds. The summed E-state index contributed by atoms with van der Waals surface area (Å²) in [5.74, 6) is 0. The lowest BCUT2D eigenvalue weighted by molar-refractivity contribution is 0.107. The van der Waals surface area contributed by atoms with Gasteiger partial charge in [-0.3, -0.25) is 4.79 Å². The van der Waals surface area contributed by atoms with Crippen LogP contribution >= 0.6 is 56.5 Å². The molecule has 0 fully saturated rings. The van der Waals surface area contributed by atoms with E-state index in [-0.39, 0.29) is 10.6 Å². The van der Waals surface area contributed by atoms with Gasteiger partial charge in [0.15, 0.2) is 0 Å². The van der Waals surface area contributed by atoms with E-state index >= 15 is 0 Å². The standard InChI is InChI=1S/C7H2Cl4OS/c8-4-1-3(7(10)12)6(13-11)2-5(4)9/h1-2H. The van der Waals surface area contributed by atoms with Crippen LogP contribution < -0.4 is 0 Å². The minimum atomic E-state index is -0.610. The van der Waals surface area contributed by atoms with Gasteiger partial charge in [-0.15, -0.1) is 0 Å². The Hall–Kier alpha value is 0.400. The largest absolute Gasteiger partial charge is 0.276 e. The summed E-state index contributed by atoms with van der Waals surface area (Å²) in [5.41, 5.74) is 0.260. The molecule has 0 saturated heterocycles. The molecule has 1 rings (SSSR count). The number of carbonyl (C=O) groups is 1. The Bertz CT molecular complexity index is 353. The highest BCUT2D eigenvalue weighted by molar-refractivity contribution is 8.21. The summed E-state index contributed by atoms with van der Waals surface area (Å²) >= 11 is 16.7. The number of halogens is 4. The Kier molecular flexibility index (Phi) is 4.20. The number of benzene rings is 1.